The first kappa shape index (κ1) is 16.7. The van der Waals surface area contributed by atoms with Crippen LogP contribution in [0.3, 0.4) is 0 Å². The van der Waals surface area contributed by atoms with Gasteiger partial charge in [-0.1, -0.05) is 6.92 Å². The number of carbonyl (C=O) groups excluding carboxylic acids is 1. The van der Waals surface area contributed by atoms with Crippen molar-refractivity contribution in [1.82, 2.24) is 20.2 Å². The van der Waals surface area contributed by atoms with Crippen LogP contribution in [-0.2, 0) is 17.9 Å². The van der Waals surface area contributed by atoms with E-state index in [4.69, 9.17) is 14.2 Å². The zero-order valence-electron chi connectivity index (χ0n) is 13.5. The molecule has 2 rings (SSSR count). The summed E-state index contributed by atoms with van der Waals surface area (Å²) in [6.07, 6.45) is 0.891. The molecule has 0 aliphatic heterocycles. The molecule has 1 heterocycles. The van der Waals surface area contributed by atoms with E-state index in [-0.39, 0.29) is 6.61 Å². The lowest BCUT2D eigenvalue weighted by molar-refractivity contribution is 0.0456. The van der Waals surface area contributed by atoms with Crippen LogP contribution in [0, 0.1) is 0 Å². The number of ether oxygens (including phenoxy) is 3. The number of aromatic nitrogens is 4. The number of esters is 1. The average molecular weight is 320 g/mol. The summed E-state index contributed by atoms with van der Waals surface area (Å²) in [6, 6.07) is 4.90. The van der Waals surface area contributed by atoms with E-state index in [9.17, 15) is 4.79 Å². The molecule has 2 aromatic rings. The van der Waals surface area contributed by atoms with Crippen molar-refractivity contribution in [2.24, 2.45) is 0 Å². The van der Waals surface area contributed by atoms with Gasteiger partial charge in [0.2, 0.25) is 0 Å². The van der Waals surface area contributed by atoms with Gasteiger partial charge in [-0.25, -0.2) is 9.48 Å². The minimum Gasteiger partial charge on any atom is -0.493 e. The quantitative estimate of drug-likeness (QED) is 0.686. The van der Waals surface area contributed by atoms with Crippen LogP contribution in [0.15, 0.2) is 18.2 Å². The van der Waals surface area contributed by atoms with Crippen LogP contribution in [0.2, 0.25) is 0 Å². The van der Waals surface area contributed by atoms with Crippen molar-refractivity contribution in [3.63, 3.8) is 0 Å². The van der Waals surface area contributed by atoms with Gasteiger partial charge in [0.15, 0.2) is 23.9 Å². The summed E-state index contributed by atoms with van der Waals surface area (Å²) in [5.74, 6) is 1.10. The summed E-state index contributed by atoms with van der Waals surface area (Å²) in [5, 5.41) is 11.3. The van der Waals surface area contributed by atoms with Crippen molar-refractivity contribution in [2.45, 2.75) is 33.4 Å². The molecule has 0 aliphatic rings. The van der Waals surface area contributed by atoms with E-state index < -0.39 is 5.97 Å². The van der Waals surface area contributed by atoms with E-state index in [2.05, 4.69) is 15.5 Å². The Morgan fingerprint density at radius 1 is 1.26 bits per heavy atom. The summed E-state index contributed by atoms with van der Waals surface area (Å²) >= 11 is 0. The highest BCUT2D eigenvalue weighted by Crippen LogP contribution is 2.28. The van der Waals surface area contributed by atoms with Crippen LogP contribution in [0.5, 0.6) is 11.5 Å². The van der Waals surface area contributed by atoms with Gasteiger partial charge in [0.1, 0.15) is 0 Å². The Morgan fingerprint density at radius 3 is 2.78 bits per heavy atom. The standard InChI is InChI=1S/C15H20N4O4/c1-4-8-19-14(16-17-18-19)10-23-15(20)11-6-7-12(22-5-2)13(9-11)21-3/h6-7,9H,4-5,8,10H2,1-3H3. The van der Waals surface area contributed by atoms with Gasteiger partial charge in [-0.05, 0) is 42.0 Å². The molecule has 0 amide bonds. The van der Waals surface area contributed by atoms with Crippen LogP contribution in [0.4, 0.5) is 0 Å². The number of benzene rings is 1. The molecular weight excluding hydrogens is 300 g/mol. The maximum atomic E-state index is 12.1. The maximum absolute atomic E-state index is 12.1. The number of methoxy groups -OCH3 is 1. The third-order valence-corrected chi connectivity index (χ3v) is 3.07. The van der Waals surface area contributed by atoms with Crippen LogP contribution >= 0.6 is 0 Å². The lowest BCUT2D eigenvalue weighted by Gasteiger charge is -2.10. The number of carbonyl (C=O) groups is 1. The lowest BCUT2D eigenvalue weighted by Crippen LogP contribution is -2.11. The minimum absolute atomic E-state index is 0.0152. The SMILES string of the molecule is CCCn1nnnc1COC(=O)c1ccc(OCC)c(OC)c1. The number of aryl methyl sites for hydroxylation is 1. The second-order valence-corrected chi connectivity index (χ2v) is 4.69. The maximum Gasteiger partial charge on any atom is 0.338 e. The minimum atomic E-state index is -0.475. The molecule has 0 unspecified atom stereocenters. The number of hydrogen-bond donors (Lipinski definition) is 0. The second kappa shape index (κ2) is 8.11. The van der Waals surface area contributed by atoms with Crippen molar-refractivity contribution >= 4 is 5.97 Å². The molecule has 0 N–H and O–H groups in total. The predicted molar refractivity (Wildman–Crippen MR) is 81.4 cm³/mol. The van der Waals surface area contributed by atoms with Gasteiger partial charge in [-0.2, -0.15) is 0 Å². The molecule has 0 fully saturated rings. The van der Waals surface area contributed by atoms with E-state index in [1.54, 1.807) is 22.9 Å². The zero-order valence-corrected chi connectivity index (χ0v) is 13.5. The van der Waals surface area contributed by atoms with Gasteiger partial charge < -0.3 is 14.2 Å². The van der Waals surface area contributed by atoms with Crippen molar-refractivity contribution < 1.29 is 19.0 Å². The van der Waals surface area contributed by atoms with Crippen LogP contribution < -0.4 is 9.47 Å². The number of tetrazole rings is 1. The lowest BCUT2D eigenvalue weighted by atomic mass is 10.2. The average Bonchev–Trinajstić information content (AvgIpc) is 3.01. The Labute approximate surface area is 134 Å². The molecule has 1 aromatic carbocycles. The first-order valence-corrected chi connectivity index (χ1v) is 7.42. The van der Waals surface area contributed by atoms with E-state index in [1.807, 2.05) is 13.8 Å². The summed E-state index contributed by atoms with van der Waals surface area (Å²) in [5.41, 5.74) is 0.375. The molecule has 1 aromatic heterocycles. The van der Waals surface area contributed by atoms with Crippen molar-refractivity contribution in [2.75, 3.05) is 13.7 Å². The Morgan fingerprint density at radius 2 is 2.09 bits per heavy atom. The highest BCUT2D eigenvalue weighted by molar-refractivity contribution is 5.90. The first-order chi connectivity index (χ1) is 11.2. The van der Waals surface area contributed by atoms with Crippen LogP contribution in [-0.4, -0.2) is 39.9 Å². The fourth-order valence-corrected chi connectivity index (χ4v) is 1.99. The molecule has 0 aliphatic carbocycles. The van der Waals surface area contributed by atoms with E-state index in [1.165, 1.54) is 7.11 Å². The Bertz CT molecular complexity index is 657. The topological polar surface area (TPSA) is 88.4 Å². The summed E-state index contributed by atoms with van der Waals surface area (Å²) in [4.78, 5) is 12.1. The first-order valence-electron chi connectivity index (χ1n) is 7.42. The number of nitrogens with zero attached hydrogens (tertiary/aromatic N) is 4. The summed E-state index contributed by atoms with van der Waals surface area (Å²) < 4.78 is 17.5. The Kier molecular flexibility index (Phi) is 5.90. The Hall–Kier alpha value is -2.64. The Balaban J connectivity index is 2.04. The third-order valence-electron chi connectivity index (χ3n) is 3.07. The van der Waals surface area contributed by atoms with Crippen molar-refractivity contribution in [1.29, 1.82) is 0 Å². The molecule has 124 valence electrons. The molecule has 0 bridgehead atoms. The molecule has 8 nitrogen and oxygen atoms in total. The number of hydrogen-bond acceptors (Lipinski definition) is 7. The fourth-order valence-electron chi connectivity index (χ4n) is 1.99. The van der Waals surface area contributed by atoms with Crippen molar-refractivity contribution in [3.8, 4) is 11.5 Å². The van der Waals surface area contributed by atoms with Gasteiger partial charge in [0.25, 0.3) is 0 Å². The van der Waals surface area contributed by atoms with Gasteiger partial charge in [-0.15, -0.1) is 5.10 Å². The van der Waals surface area contributed by atoms with Crippen LogP contribution in [0.1, 0.15) is 36.5 Å². The van der Waals surface area contributed by atoms with Gasteiger partial charge in [0, 0.05) is 6.54 Å². The summed E-state index contributed by atoms with van der Waals surface area (Å²) in [7, 11) is 1.52. The molecule has 0 radical (unpaired) electrons. The monoisotopic (exact) mass is 320 g/mol. The predicted octanol–water partition coefficient (Wildman–Crippen LogP) is 1.85. The van der Waals surface area contributed by atoms with E-state index in [0.29, 0.717) is 36.0 Å². The highest BCUT2D eigenvalue weighted by Gasteiger charge is 2.14. The molecule has 0 atom stereocenters. The molecule has 0 spiro atoms. The van der Waals surface area contributed by atoms with Crippen LogP contribution in [0.25, 0.3) is 0 Å². The summed E-state index contributed by atoms with van der Waals surface area (Å²) in [6.45, 7) is 5.10. The molecule has 8 heteroatoms. The molecule has 0 saturated carbocycles. The number of rotatable bonds is 8. The van der Waals surface area contributed by atoms with Gasteiger partial charge in [0.05, 0.1) is 19.3 Å². The van der Waals surface area contributed by atoms with E-state index in [0.717, 1.165) is 6.42 Å². The van der Waals surface area contributed by atoms with Crippen molar-refractivity contribution in [3.05, 3.63) is 29.6 Å². The molecule has 23 heavy (non-hydrogen) atoms. The fraction of sp³-hybridized carbons (Fsp3) is 0.467. The zero-order chi connectivity index (χ0) is 16.7. The van der Waals surface area contributed by atoms with E-state index >= 15 is 0 Å². The van der Waals surface area contributed by atoms with Gasteiger partial charge in [-0.3, -0.25) is 0 Å². The molecule has 0 saturated heterocycles. The largest absolute Gasteiger partial charge is 0.493 e. The normalized spacial score (nSPS) is 10.4. The highest BCUT2D eigenvalue weighted by atomic mass is 16.5. The molecular formula is C15H20N4O4. The third kappa shape index (κ3) is 4.18. The smallest absolute Gasteiger partial charge is 0.338 e. The van der Waals surface area contributed by atoms with Gasteiger partial charge >= 0.3 is 5.97 Å². The second-order valence-electron chi connectivity index (χ2n) is 4.69.